The maximum atomic E-state index is 12.1. The van der Waals surface area contributed by atoms with Gasteiger partial charge in [-0.2, -0.15) is 0 Å². The van der Waals surface area contributed by atoms with Crippen LogP contribution in [0.4, 0.5) is 5.69 Å². The van der Waals surface area contributed by atoms with Crippen LogP contribution in [0.1, 0.15) is 42.5 Å². The van der Waals surface area contributed by atoms with Crippen molar-refractivity contribution in [2.45, 2.75) is 38.5 Å². The first-order chi connectivity index (χ1) is 15.5. The van der Waals surface area contributed by atoms with E-state index in [9.17, 15) is 14.4 Å². The van der Waals surface area contributed by atoms with E-state index in [1.54, 1.807) is 24.3 Å². The molecule has 0 saturated carbocycles. The van der Waals surface area contributed by atoms with Crippen molar-refractivity contribution in [1.29, 1.82) is 0 Å². The number of hydrogen-bond donors (Lipinski definition) is 3. The Hall–Kier alpha value is -2.92. The van der Waals surface area contributed by atoms with Gasteiger partial charge in [0.05, 0.1) is 11.0 Å². The third-order valence-corrected chi connectivity index (χ3v) is 6.64. The quantitative estimate of drug-likeness (QED) is 0.285. The van der Waals surface area contributed by atoms with Gasteiger partial charge in [0.2, 0.25) is 0 Å². The molecule has 3 aromatic carbocycles. The van der Waals surface area contributed by atoms with Crippen LogP contribution >= 0.6 is 7.60 Å². The van der Waals surface area contributed by atoms with Crippen LogP contribution in [-0.2, 0) is 17.5 Å². The molecule has 3 N–H and O–H groups in total. The van der Waals surface area contributed by atoms with Crippen molar-refractivity contribution in [2.24, 2.45) is 0 Å². The molecule has 1 atom stereocenters. The summed E-state index contributed by atoms with van der Waals surface area (Å²) < 4.78 is 14.3. The first kappa shape index (κ1) is 22.3. The summed E-state index contributed by atoms with van der Waals surface area (Å²) in [6.45, 7) is 2.87. The number of anilines is 1. The van der Waals surface area contributed by atoms with E-state index in [-0.39, 0.29) is 0 Å². The van der Waals surface area contributed by atoms with Crippen molar-refractivity contribution < 1.29 is 14.4 Å². The lowest BCUT2D eigenvalue weighted by atomic mass is 10.1. The van der Waals surface area contributed by atoms with Crippen LogP contribution in [0.15, 0.2) is 78.9 Å². The number of unbranched alkanes of at least 4 members (excludes halogenated alkanes) is 1. The summed E-state index contributed by atoms with van der Waals surface area (Å²) in [6.07, 6.45) is 3.15. The largest absolute Gasteiger partial charge is 0.368 e. The molecule has 4 aromatic rings. The Balaban J connectivity index is 1.56. The number of benzene rings is 3. The number of hydrogen-bond acceptors (Lipinski definition) is 3. The Morgan fingerprint density at radius 1 is 0.969 bits per heavy atom. The number of imidazole rings is 1. The third kappa shape index (κ3) is 5.10. The normalized spacial score (nSPS) is 12.7. The zero-order valence-corrected chi connectivity index (χ0v) is 19.0. The topological polar surface area (TPSA) is 87.4 Å². The molecule has 166 valence electrons. The summed E-state index contributed by atoms with van der Waals surface area (Å²) in [5.41, 5.74) is 4.43. The molecule has 0 fully saturated rings. The molecule has 7 heteroatoms. The van der Waals surface area contributed by atoms with Gasteiger partial charge in [-0.05, 0) is 41.8 Å². The lowest BCUT2D eigenvalue weighted by molar-refractivity contribution is 0.363. The fraction of sp³-hybridized carbons (Fsp3) is 0.240. The average molecular weight is 449 g/mol. The maximum Gasteiger partial charge on any atom is 0.352 e. The van der Waals surface area contributed by atoms with Crippen LogP contribution in [-0.4, -0.2) is 19.3 Å². The summed E-state index contributed by atoms with van der Waals surface area (Å²) in [7, 11) is -4.39. The molecule has 0 aliphatic rings. The Labute approximate surface area is 188 Å². The SMILES string of the molecule is CCCCc1nc2ccccc2n1Cc1ccc(NC(c2ccccc2)P(=O)(O)O)cc1. The molecule has 0 aliphatic carbocycles. The smallest absolute Gasteiger partial charge is 0.352 e. The molecule has 1 unspecified atom stereocenters. The Morgan fingerprint density at radius 2 is 1.66 bits per heavy atom. The molecule has 0 aliphatic heterocycles. The van der Waals surface area contributed by atoms with Crippen LogP contribution in [0.3, 0.4) is 0 Å². The maximum absolute atomic E-state index is 12.1. The highest BCUT2D eigenvalue weighted by Gasteiger charge is 2.30. The van der Waals surface area contributed by atoms with Crippen molar-refractivity contribution >= 4 is 24.3 Å². The standard InChI is InChI=1S/C25H28N3O3P/c1-2-3-13-24-27-22-11-7-8-12-23(22)28(24)18-19-14-16-21(17-15-19)26-25(32(29,30)31)20-9-5-4-6-10-20/h4-12,14-17,25-26H,2-3,13,18H2,1H3,(H2,29,30,31). The van der Waals surface area contributed by atoms with Gasteiger partial charge in [0, 0.05) is 18.7 Å². The number of rotatable bonds is 9. The van der Waals surface area contributed by atoms with Gasteiger partial charge in [0.1, 0.15) is 5.82 Å². The molecular formula is C25H28N3O3P. The Kier molecular flexibility index (Phi) is 6.75. The van der Waals surface area contributed by atoms with Gasteiger partial charge in [-0.1, -0.05) is 67.9 Å². The van der Waals surface area contributed by atoms with Crippen LogP contribution in [0.2, 0.25) is 0 Å². The molecule has 1 heterocycles. The minimum Gasteiger partial charge on any atom is -0.368 e. The molecule has 0 bridgehead atoms. The van der Waals surface area contributed by atoms with Crippen molar-refractivity contribution in [1.82, 2.24) is 9.55 Å². The van der Waals surface area contributed by atoms with Gasteiger partial charge in [-0.3, -0.25) is 4.57 Å². The first-order valence-corrected chi connectivity index (χ1v) is 12.5. The zero-order valence-electron chi connectivity index (χ0n) is 18.1. The Morgan fingerprint density at radius 3 is 2.34 bits per heavy atom. The lowest BCUT2D eigenvalue weighted by Gasteiger charge is -2.21. The number of nitrogens with one attached hydrogen (secondary N) is 1. The van der Waals surface area contributed by atoms with Crippen LogP contribution < -0.4 is 5.32 Å². The van der Waals surface area contributed by atoms with E-state index >= 15 is 0 Å². The lowest BCUT2D eigenvalue weighted by Crippen LogP contribution is -2.11. The highest BCUT2D eigenvalue weighted by Crippen LogP contribution is 2.51. The molecular weight excluding hydrogens is 421 g/mol. The number of nitrogens with zero attached hydrogens (tertiary/aromatic N) is 2. The summed E-state index contributed by atoms with van der Waals surface area (Å²) in [5, 5.41) is 3.01. The molecule has 0 radical (unpaired) electrons. The van der Waals surface area contributed by atoms with E-state index < -0.39 is 13.4 Å². The highest BCUT2D eigenvalue weighted by molar-refractivity contribution is 7.52. The summed E-state index contributed by atoms with van der Waals surface area (Å²) >= 11 is 0. The first-order valence-electron chi connectivity index (χ1n) is 10.9. The van der Waals surface area contributed by atoms with Crippen molar-refractivity contribution in [3.05, 3.63) is 95.8 Å². The van der Waals surface area contributed by atoms with E-state index in [0.717, 1.165) is 41.7 Å². The third-order valence-electron chi connectivity index (χ3n) is 5.54. The van der Waals surface area contributed by atoms with E-state index in [4.69, 9.17) is 4.98 Å². The van der Waals surface area contributed by atoms with Gasteiger partial charge in [0.15, 0.2) is 5.78 Å². The van der Waals surface area contributed by atoms with E-state index in [0.29, 0.717) is 17.8 Å². The summed E-state index contributed by atoms with van der Waals surface area (Å²) in [6, 6.07) is 24.7. The van der Waals surface area contributed by atoms with E-state index in [1.807, 2.05) is 48.5 Å². The van der Waals surface area contributed by atoms with Gasteiger partial charge >= 0.3 is 7.60 Å². The second-order valence-corrected chi connectivity index (χ2v) is 9.64. The zero-order chi connectivity index (χ0) is 22.6. The number of para-hydroxylation sites is 2. The van der Waals surface area contributed by atoms with Gasteiger partial charge in [-0.25, -0.2) is 4.98 Å². The molecule has 0 saturated heterocycles. The Bertz CT molecular complexity index is 1220. The minimum atomic E-state index is -4.39. The van der Waals surface area contributed by atoms with Gasteiger partial charge in [0.25, 0.3) is 0 Å². The second-order valence-electron chi connectivity index (χ2n) is 7.95. The van der Waals surface area contributed by atoms with Crippen molar-refractivity contribution in [3.63, 3.8) is 0 Å². The summed E-state index contributed by atoms with van der Waals surface area (Å²) in [5.74, 6) is -0.00585. The molecule has 0 spiro atoms. The second kappa shape index (κ2) is 9.70. The van der Waals surface area contributed by atoms with Gasteiger partial charge in [-0.15, -0.1) is 0 Å². The van der Waals surface area contributed by atoms with Crippen molar-refractivity contribution in [2.75, 3.05) is 5.32 Å². The number of aromatic nitrogens is 2. The van der Waals surface area contributed by atoms with Crippen LogP contribution in [0, 0.1) is 0 Å². The predicted octanol–water partition coefficient (Wildman–Crippen LogP) is 5.72. The van der Waals surface area contributed by atoms with Crippen LogP contribution in [0.5, 0.6) is 0 Å². The van der Waals surface area contributed by atoms with Crippen molar-refractivity contribution in [3.8, 4) is 0 Å². The van der Waals surface area contributed by atoms with E-state index in [1.165, 1.54) is 0 Å². The highest BCUT2D eigenvalue weighted by atomic mass is 31.2. The molecule has 1 aromatic heterocycles. The fourth-order valence-corrected chi connectivity index (χ4v) is 4.75. The van der Waals surface area contributed by atoms with Gasteiger partial charge < -0.3 is 19.7 Å². The fourth-order valence-electron chi connectivity index (χ4n) is 3.87. The molecule has 0 amide bonds. The predicted molar refractivity (Wildman–Crippen MR) is 129 cm³/mol. The minimum absolute atomic E-state index is 0.551. The average Bonchev–Trinajstić information content (AvgIpc) is 3.14. The molecule has 4 rings (SSSR count). The molecule has 6 nitrogen and oxygen atoms in total. The number of aryl methyl sites for hydroxylation is 1. The summed E-state index contributed by atoms with van der Waals surface area (Å²) in [4.78, 5) is 24.5. The molecule has 32 heavy (non-hydrogen) atoms. The number of fused-ring (bicyclic) bond motifs is 1. The monoisotopic (exact) mass is 449 g/mol. The van der Waals surface area contributed by atoms with Crippen LogP contribution in [0.25, 0.3) is 11.0 Å². The van der Waals surface area contributed by atoms with E-state index in [2.05, 4.69) is 22.9 Å².